The van der Waals surface area contributed by atoms with Crippen LogP contribution in [0, 0.1) is 0 Å². The van der Waals surface area contributed by atoms with Crippen LogP contribution in [0.25, 0.3) is 0 Å². The zero-order valence-electron chi connectivity index (χ0n) is 13.3. The number of nitrogens with one attached hydrogen (secondary N) is 1. The number of rotatable bonds is 4. The monoisotopic (exact) mass is 443 g/mol. The van der Waals surface area contributed by atoms with Gasteiger partial charge in [0, 0.05) is 20.1 Å². The molecule has 0 unspecified atom stereocenters. The van der Waals surface area contributed by atoms with Crippen molar-refractivity contribution in [3.05, 3.63) is 29.3 Å². The second-order valence-corrected chi connectivity index (χ2v) is 5.46. The molecule has 130 valence electrons. The summed E-state index contributed by atoms with van der Waals surface area (Å²) in [5.74, 6) is 0.844. The molecule has 1 N–H and O–H groups in total. The maximum atomic E-state index is 13.2. The second-order valence-electron chi connectivity index (χ2n) is 5.46. The van der Waals surface area contributed by atoms with E-state index in [1.165, 1.54) is 6.07 Å². The van der Waals surface area contributed by atoms with Crippen molar-refractivity contribution in [1.29, 1.82) is 0 Å². The van der Waals surface area contributed by atoms with E-state index >= 15 is 0 Å². The van der Waals surface area contributed by atoms with Crippen molar-refractivity contribution in [3.8, 4) is 5.75 Å². The van der Waals surface area contributed by atoms with Gasteiger partial charge in [-0.15, -0.1) is 24.0 Å². The van der Waals surface area contributed by atoms with E-state index in [1.807, 2.05) is 11.9 Å². The van der Waals surface area contributed by atoms with Crippen LogP contribution in [0.3, 0.4) is 0 Å². The van der Waals surface area contributed by atoms with Gasteiger partial charge >= 0.3 is 6.18 Å². The molecule has 1 aliphatic rings. The Morgan fingerprint density at radius 1 is 1.35 bits per heavy atom. The fourth-order valence-corrected chi connectivity index (χ4v) is 2.22. The van der Waals surface area contributed by atoms with Gasteiger partial charge in [-0.05, 0) is 31.5 Å². The first kappa shape index (κ1) is 19.9. The third kappa shape index (κ3) is 5.43. The van der Waals surface area contributed by atoms with E-state index in [0.29, 0.717) is 12.5 Å². The third-order valence-corrected chi connectivity index (χ3v) is 3.25. The van der Waals surface area contributed by atoms with Crippen LogP contribution < -0.4 is 10.1 Å². The summed E-state index contributed by atoms with van der Waals surface area (Å²) in [5, 5.41) is 2.96. The summed E-state index contributed by atoms with van der Waals surface area (Å²) >= 11 is 0. The van der Waals surface area contributed by atoms with Crippen molar-refractivity contribution in [1.82, 2.24) is 10.2 Å². The number of benzene rings is 1. The lowest BCUT2D eigenvalue weighted by molar-refractivity contribution is -0.138. The van der Waals surface area contributed by atoms with Crippen molar-refractivity contribution in [2.24, 2.45) is 4.99 Å². The summed E-state index contributed by atoms with van der Waals surface area (Å²) in [6.45, 7) is 5.05. The summed E-state index contributed by atoms with van der Waals surface area (Å²) in [6.07, 6.45) is -4.59. The number of guanidine groups is 1. The number of ether oxygens (including phenoxy) is 1. The minimum Gasteiger partial charge on any atom is -0.491 e. The fourth-order valence-electron chi connectivity index (χ4n) is 2.22. The Morgan fingerprint density at radius 3 is 2.57 bits per heavy atom. The normalized spacial score (nSPS) is 14.6. The standard InChI is InChI=1S/C15H20F3N3O.HI/c1-10(2)22-12-5-4-11(13(8-12)15(16,17)18)9-20-14-19-6-7-21(14)3;/h4-5,8,10H,6-7,9H2,1-3H3,(H,19,20);1H. The average molecular weight is 443 g/mol. The molecular weight excluding hydrogens is 422 g/mol. The lowest BCUT2D eigenvalue weighted by atomic mass is 10.1. The molecule has 8 heteroatoms. The minimum atomic E-state index is -4.42. The lowest BCUT2D eigenvalue weighted by Gasteiger charge is -2.19. The molecule has 4 nitrogen and oxygen atoms in total. The van der Waals surface area contributed by atoms with Crippen molar-refractivity contribution in [3.63, 3.8) is 0 Å². The van der Waals surface area contributed by atoms with Crippen LogP contribution in [0.1, 0.15) is 25.0 Å². The van der Waals surface area contributed by atoms with Gasteiger partial charge in [0.2, 0.25) is 0 Å². The molecule has 1 aromatic carbocycles. The van der Waals surface area contributed by atoms with Crippen molar-refractivity contribution in [2.75, 3.05) is 20.1 Å². The molecular formula is C15H21F3IN3O. The average Bonchev–Trinajstić information content (AvgIpc) is 2.81. The number of nitrogens with zero attached hydrogens (tertiary/aromatic N) is 2. The first-order chi connectivity index (χ1) is 10.3. The summed E-state index contributed by atoms with van der Waals surface area (Å²) in [4.78, 5) is 6.08. The fraction of sp³-hybridized carbons (Fsp3) is 0.533. The molecule has 1 aliphatic heterocycles. The third-order valence-electron chi connectivity index (χ3n) is 3.25. The molecule has 0 radical (unpaired) electrons. The van der Waals surface area contributed by atoms with Gasteiger partial charge in [-0.1, -0.05) is 6.07 Å². The maximum absolute atomic E-state index is 13.2. The van der Waals surface area contributed by atoms with E-state index in [1.54, 1.807) is 19.9 Å². The molecule has 0 aliphatic carbocycles. The summed E-state index contributed by atoms with van der Waals surface area (Å²) in [7, 11) is 1.85. The molecule has 1 heterocycles. The Bertz CT molecular complexity index is 561. The van der Waals surface area contributed by atoms with Crippen LogP contribution in [0.5, 0.6) is 5.75 Å². The Balaban J connectivity index is 0.00000264. The van der Waals surface area contributed by atoms with Crippen LogP contribution >= 0.6 is 24.0 Å². The second kappa shape index (κ2) is 8.07. The molecule has 1 aromatic rings. The largest absolute Gasteiger partial charge is 0.491 e. The highest BCUT2D eigenvalue weighted by Crippen LogP contribution is 2.34. The minimum absolute atomic E-state index is 0. The molecule has 0 aromatic heterocycles. The zero-order valence-corrected chi connectivity index (χ0v) is 15.6. The molecule has 2 rings (SSSR count). The van der Waals surface area contributed by atoms with E-state index in [0.717, 1.165) is 12.6 Å². The molecule has 23 heavy (non-hydrogen) atoms. The first-order valence-electron chi connectivity index (χ1n) is 7.13. The van der Waals surface area contributed by atoms with E-state index < -0.39 is 11.7 Å². The van der Waals surface area contributed by atoms with E-state index in [9.17, 15) is 13.2 Å². The van der Waals surface area contributed by atoms with Gasteiger partial charge in [0.05, 0.1) is 18.2 Å². The summed E-state index contributed by atoms with van der Waals surface area (Å²) in [5.41, 5.74) is -0.508. The molecule has 0 bridgehead atoms. The number of alkyl halides is 3. The maximum Gasteiger partial charge on any atom is 0.416 e. The molecule has 0 amide bonds. The highest BCUT2D eigenvalue weighted by Gasteiger charge is 2.34. The van der Waals surface area contributed by atoms with Gasteiger partial charge in [-0.2, -0.15) is 13.2 Å². The number of hydrogen-bond acceptors (Lipinski definition) is 4. The number of halogens is 4. The Labute approximate surface area is 151 Å². The van der Waals surface area contributed by atoms with Gasteiger partial charge in [0.15, 0.2) is 5.96 Å². The number of likely N-dealkylation sites (N-methyl/N-ethyl adjacent to an activating group) is 1. The van der Waals surface area contributed by atoms with Gasteiger partial charge in [-0.3, -0.25) is 4.99 Å². The highest BCUT2D eigenvalue weighted by atomic mass is 127. The zero-order chi connectivity index (χ0) is 16.3. The molecule has 0 saturated heterocycles. The van der Waals surface area contributed by atoms with Gasteiger partial charge in [-0.25, -0.2) is 0 Å². The predicted molar refractivity (Wildman–Crippen MR) is 94.4 cm³/mol. The molecule has 0 atom stereocenters. The predicted octanol–water partition coefficient (Wildman–Crippen LogP) is 3.50. The number of hydrogen-bond donors (Lipinski definition) is 1. The smallest absolute Gasteiger partial charge is 0.416 e. The van der Waals surface area contributed by atoms with Crippen LogP contribution in [0.15, 0.2) is 23.2 Å². The van der Waals surface area contributed by atoms with Crippen LogP contribution in [0.2, 0.25) is 0 Å². The van der Waals surface area contributed by atoms with Crippen molar-refractivity contribution in [2.45, 2.75) is 32.7 Å². The van der Waals surface area contributed by atoms with Crippen molar-refractivity contribution < 1.29 is 17.9 Å². The van der Waals surface area contributed by atoms with Crippen LogP contribution in [0.4, 0.5) is 13.2 Å². The Morgan fingerprint density at radius 2 is 2.04 bits per heavy atom. The lowest BCUT2D eigenvalue weighted by Crippen LogP contribution is -2.35. The molecule has 0 spiro atoms. The SMILES string of the molecule is CC(C)Oc1ccc(CNC2=NCCN2C)c(C(F)(F)F)c1.I. The highest BCUT2D eigenvalue weighted by molar-refractivity contribution is 14.0. The van der Waals surface area contributed by atoms with Gasteiger partial charge < -0.3 is 15.0 Å². The van der Waals surface area contributed by atoms with Gasteiger partial charge in [0.25, 0.3) is 0 Å². The van der Waals surface area contributed by atoms with Gasteiger partial charge in [0.1, 0.15) is 5.75 Å². The Kier molecular flexibility index (Phi) is 6.97. The van der Waals surface area contributed by atoms with E-state index in [2.05, 4.69) is 10.3 Å². The number of aliphatic imine (C=N–C) groups is 1. The summed E-state index contributed by atoms with van der Waals surface area (Å²) in [6, 6.07) is 4.06. The summed E-state index contributed by atoms with van der Waals surface area (Å²) < 4.78 is 45.0. The Hall–Kier alpha value is -1.19. The van der Waals surface area contributed by atoms with E-state index in [4.69, 9.17) is 4.74 Å². The quantitative estimate of drug-likeness (QED) is 0.725. The van der Waals surface area contributed by atoms with Crippen molar-refractivity contribution >= 4 is 29.9 Å². The topological polar surface area (TPSA) is 36.9 Å². The molecule has 0 fully saturated rings. The molecule has 0 saturated carbocycles. The van der Waals surface area contributed by atoms with E-state index in [-0.39, 0.29) is 47.9 Å². The van der Waals surface area contributed by atoms with Crippen LogP contribution in [-0.2, 0) is 12.7 Å². The first-order valence-corrected chi connectivity index (χ1v) is 7.13. The van der Waals surface area contributed by atoms with Crippen LogP contribution in [-0.4, -0.2) is 37.1 Å².